The third-order valence-electron chi connectivity index (χ3n) is 5.30. The second-order valence-corrected chi connectivity index (χ2v) is 6.93. The molecule has 3 nitrogen and oxygen atoms in total. The highest BCUT2D eigenvalue weighted by Crippen LogP contribution is 2.36. The lowest BCUT2D eigenvalue weighted by Gasteiger charge is -2.28. The van der Waals surface area contributed by atoms with Crippen molar-refractivity contribution in [2.75, 3.05) is 13.1 Å². The van der Waals surface area contributed by atoms with Crippen molar-refractivity contribution in [3.05, 3.63) is 35.9 Å². The monoisotopic (exact) mass is 336 g/mol. The first-order chi connectivity index (χ1) is 10.8. The summed E-state index contributed by atoms with van der Waals surface area (Å²) < 4.78 is 0. The Bertz CT molecular complexity index is 466. The number of hydrogen-bond acceptors (Lipinski definition) is 2. The van der Waals surface area contributed by atoms with Crippen LogP contribution in [0.5, 0.6) is 0 Å². The molecule has 1 aromatic carbocycles. The van der Waals surface area contributed by atoms with Gasteiger partial charge in [-0.15, -0.1) is 12.4 Å². The maximum absolute atomic E-state index is 12.1. The number of carbonyl (C=O) groups is 1. The summed E-state index contributed by atoms with van der Waals surface area (Å²) in [5.74, 6) is 1.52. The van der Waals surface area contributed by atoms with Crippen molar-refractivity contribution >= 4 is 18.3 Å². The van der Waals surface area contributed by atoms with Crippen LogP contribution in [0.2, 0.25) is 0 Å². The van der Waals surface area contributed by atoms with E-state index in [1.54, 1.807) is 0 Å². The Labute approximate surface area is 146 Å². The van der Waals surface area contributed by atoms with Crippen LogP contribution in [0.15, 0.2) is 30.3 Å². The molecule has 1 unspecified atom stereocenters. The Morgan fingerprint density at radius 3 is 2.48 bits per heavy atom. The third-order valence-corrected chi connectivity index (χ3v) is 5.30. The van der Waals surface area contributed by atoms with E-state index in [1.807, 2.05) is 0 Å². The summed E-state index contributed by atoms with van der Waals surface area (Å²) in [5, 5.41) is 6.54. The highest BCUT2D eigenvalue weighted by atomic mass is 35.5. The van der Waals surface area contributed by atoms with Gasteiger partial charge in [0.25, 0.3) is 0 Å². The van der Waals surface area contributed by atoms with Crippen LogP contribution < -0.4 is 10.6 Å². The van der Waals surface area contributed by atoms with Crippen LogP contribution in [-0.2, 0) is 4.79 Å². The van der Waals surface area contributed by atoms with Crippen LogP contribution in [0, 0.1) is 5.92 Å². The average Bonchev–Trinajstić information content (AvgIpc) is 3.08. The van der Waals surface area contributed by atoms with E-state index in [0.717, 1.165) is 13.1 Å². The average molecular weight is 337 g/mol. The lowest BCUT2D eigenvalue weighted by molar-refractivity contribution is -0.122. The maximum Gasteiger partial charge on any atom is 0.220 e. The van der Waals surface area contributed by atoms with Gasteiger partial charge in [0.15, 0.2) is 0 Å². The van der Waals surface area contributed by atoms with Gasteiger partial charge in [0.2, 0.25) is 5.91 Å². The number of hydrogen-bond donors (Lipinski definition) is 2. The maximum atomic E-state index is 12.1. The lowest BCUT2D eigenvalue weighted by atomic mass is 9.77. The van der Waals surface area contributed by atoms with Gasteiger partial charge < -0.3 is 10.6 Å². The first kappa shape index (κ1) is 18.3. The van der Waals surface area contributed by atoms with Gasteiger partial charge in [-0.25, -0.2) is 0 Å². The molecule has 2 fully saturated rings. The minimum Gasteiger partial charge on any atom is -0.355 e. The molecule has 1 amide bonds. The van der Waals surface area contributed by atoms with E-state index >= 15 is 0 Å². The van der Waals surface area contributed by atoms with Crippen LogP contribution in [-0.4, -0.2) is 25.0 Å². The Morgan fingerprint density at radius 1 is 1.09 bits per heavy atom. The molecule has 1 atom stereocenters. The van der Waals surface area contributed by atoms with Gasteiger partial charge in [0.05, 0.1) is 0 Å². The predicted octanol–water partition coefficient (Wildman–Crippen LogP) is 3.64. The third kappa shape index (κ3) is 5.50. The molecule has 2 aliphatic rings. The van der Waals surface area contributed by atoms with Crippen molar-refractivity contribution in [3.63, 3.8) is 0 Å². The molecule has 0 bridgehead atoms. The molecule has 128 valence electrons. The Morgan fingerprint density at radius 2 is 1.83 bits per heavy atom. The van der Waals surface area contributed by atoms with Crippen molar-refractivity contribution < 1.29 is 4.79 Å². The zero-order chi connectivity index (χ0) is 15.2. The summed E-state index contributed by atoms with van der Waals surface area (Å²) in [6.07, 6.45) is 7.99. The minimum absolute atomic E-state index is 0. The van der Waals surface area contributed by atoms with E-state index in [0.29, 0.717) is 24.3 Å². The number of benzene rings is 1. The summed E-state index contributed by atoms with van der Waals surface area (Å²) in [4.78, 5) is 12.1. The van der Waals surface area contributed by atoms with Crippen LogP contribution in [0.1, 0.15) is 56.4 Å². The van der Waals surface area contributed by atoms with Crippen LogP contribution in [0.25, 0.3) is 0 Å². The molecule has 1 aliphatic heterocycles. The summed E-state index contributed by atoms with van der Waals surface area (Å²) >= 11 is 0. The summed E-state index contributed by atoms with van der Waals surface area (Å²) in [7, 11) is 0. The highest BCUT2D eigenvalue weighted by molar-refractivity contribution is 5.85. The summed E-state index contributed by atoms with van der Waals surface area (Å²) in [5.41, 5.74) is 1.47. The molecule has 4 heteroatoms. The fourth-order valence-electron chi connectivity index (χ4n) is 3.93. The predicted molar refractivity (Wildman–Crippen MR) is 97.0 cm³/mol. The van der Waals surface area contributed by atoms with E-state index < -0.39 is 0 Å². The van der Waals surface area contributed by atoms with Gasteiger partial charge in [0.1, 0.15) is 0 Å². The van der Waals surface area contributed by atoms with Gasteiger partial charge >= 0.3 is 0 Å². The standard InChI is InChI=1S/C19H28N2O.ClH/c22-19(21-14-18-7-4-12-20-18)13-15-8-10-17(11-9-15)16-5-2-1-3-6-16;/h1-3,5-6,15,17-18,20H,4,7-14H2,(H,21,22);1H. The summed E-state index contributed by atoms with van der Waals surface area (Å²) in [6, 6.07) is 11.3. The first-order valence-corrected chi connectivity index (χ1v) is 8.86. The van der Waals surface area contributed by atoms with E-state index in [-0.39, 0.29) is 18.3 Å². The molecule has 0 aromatic heterocycles. The normalized spacial score (nSPS) is 27.2. The second-order valence-electron chi connectivity index (χ2n) is 6.93. The van der Waals surface area contributed by atoms with Gasteiger partial charge in [-0.2, -0.15) is 0 Å². The van der Waals surface area contributed by atoms with Crippen molar-refractivity contribution in [1.82, 2.24) is 10.6 Å². The van der Waals surface area contributed by atoms with Crippen LogP contribution in [0.3, 0.4) is 0 Å². The quantitative estimate of drug-likeness (QED) is 0.862. The number of rotatable bonds is 5. The number of halogens is 1. The molecule has 23 heavy (non-hydrogen) atoms. The van der Waals surface area contributed by atoms with E-state index in [2.05, 4.69) is 41.0 Å². The fraction of sp³-hybridized carbons (Fsp3) is 0.632. The molecule has 1 heterocycles. The van der Waals surface area contributed by atoms with Gasteiger partial charge in [-0.05, 0) is 62.5 Å². The van der Waals surface area contributed by atoms with Crippen molar-refractivity contribution in [3.8, 4) is 0 Å². The summed E-state index contributed by atoms with van der Waals surface area (Å²) in [6.45, 7) is 1.90. The number of nitrogens with one attached hydrogen (secondary N) is 2. The highest BCUT2D eigenvalue weighted by Gasteiger charge is 2.24. The molecule has 3 rings (SSSR count). The van der Waals surface area contributed by atoms with Crippen molar-refractivity contribution in [2.24, 2.45) is 5.92 Å². The molecule has 1 aliphatic carbocycles. The molecule has 1 saturated carbocycles. The zero-order valence-corrected chi connectivity index (χ0v) is 14.6. The lowest BCUT2D eigenvalue weighted by Crippen LogP contribution is -2.37. The number of carbonyl (C=O) groups excluding carboxylic acids is 1. The van der Waals surface area contributed by atoms with Gasteiger partial charge in [-0.3, -0.25) is 4.79 Å². The van der Waals surface area contributed by atoms with Gasteiger partial charge in [-0.1, -0.05) is 30.3 Å². The number of amides is 1. The molecule has 0 spiro atoms. The Kier molecular flexibility index (Phi) is 7.38. The van der Waals surface area contributed by atoms with Crippen LogP contribution in [0.4, 0.5) is 0 Å². The topological polar surface area (TPSA) is 41.1 Å². The first-order valence-electron chi connectivity index (χ1n) is 8.86. The Balaban J connectivity index is 0.00000192. The fourth-order valence-corrected chi connectivity index (χ4v) is 3.93. The van der Waals surface area contributed by atoms with E-state index in [1.165, 1.54) is 44.1 Å². The van der Waals surface area contributed by atoms with E-state index in [9.17, 15) is 4.79 Å². The molecule has 0 radical (unpaired) electrons. The molecule has 1 saturated heterocycles. The van der Waals surface area contributed by atoms with E-state index in [4.69, 9.17) is 0 Å². The molecular formula is C19H29ClN2O. The molecule has 2 N–H and O–H groups in total. The van der Waals surface area contributed by atoms with Crippen LogP contribution >= 0.6 is 12.4 Å². The molecule has 1 aromatic rings. The smallest absolute Gasteiger partial charge is 0.220 e. The minimum atomic E-state index is 0. The van der Waals surface area contributed by atoms with Crippen molar-refractivity contribution in [1.29, 1.82) is 0 Å². The van der Waals surface area contributed by atoms with Crippen molar-refractivity contribution in [2.45, 2.75) is 56.9 Å². The SMILES string of the molecule is Cl.O=C(CC1CCC(c2ccccc2)CC1)NCC1CCCN1. The zero-order valence-electron chi connectivity index (χ0n) is 13.8. The Hall–Kier alpha value is -1.06. The van der Waals surface area contributed by atoms with Gasteiger partial charge in [0, 0.05) is 19.0 Å². The second kappa shape index (κ2) is 9.29. The molecular weight excluding hydrogens is 308 g/mol. The largest absolute Gasteiger partial charge is 0.355 e.